The maximum absolute atomic E-state index is 5.28. The highest BCUT2D eigenvalue weighted by Gasteiger charge is 2.08. The Bertz CT molecular complexity index is 407. The minimum Gasteiger partial charge on any atom is -0.468 e. The summed E-state index contributed by atoms with van der Waals surface area (Å²) in [6, 6.07) is 4.00. The van der Waals surface area contributed by atoms with Crippen LogP contribution in [0, 0.1) is 0 Å². The van der Waals surface area contributed by atoms with Crippen LogP contribution in [0.15, 0.2) is 29.1 Å². The molecule has 0 saturated heterocycles. The van der Waals surface area contributed by atoms with Crippen LogP contribution in [0.1, 0.15) is 24.6 Å². The van der Waals surface area contributed by atoms with Crippen molar-refractivity contribution in [1.82, 2.24) is 20.1 Å². The van der Waals surface area contributed by atoms with E-state index in [1.807, 2.05) is 26.1 Å². The van der Waals surface area contributed by atoms with Gasteiger partial charge in [-0.2, -0.15) is 5.10 Å². The van der Waals surface area contributed by atoms with Crippen molar-refractivity contribution in [3.63, 3.8) is 0 Å². The second-order valence-corrected chi connectivity index (χ2v) is 3.45. The van der Waals surface area contributed by atoms with E-state index in [-0.39, 0.29) is 6.04 Å². The second kappa shape index (κ2) is 4.27. The normalized spacial score (nSPS) is 12.9. The zero-order valence-corrected chi connectivity index (χ0v) is 8.84. The Morgan fingerprint density at radius 3 is 3.07 bits per heavy atom. The maximum atomic E-state index is 5.28. The molecule has 0 spiro atoms. The van der Waals surface area contributed by atoms with E-state index in [1.54, 1.807) is 17.3 Å². The van der Waals surface area contributed by atoms with Gasteiger partial charge in [0, 0.05) is 7.05 Å². The molecule has 15 heavy (non-hydrogen) atoms. The molecular weight excluding hydrogens is 192 g/mol. The fourth-order valence-corrected chi connectivity index (χ4v) is 1.35. The summed E-state index contributed by atoms with van der Waals surface area (Å²) in [4.78, 5) is 4.13. The van der Waals surface area contributed by atoms with Gasteiger partial charge in [-0.1, -0.05) is 0 Å². The first-order chi connectivity index (χ1) is 7.25. The predicted octanol–water partition coefficient (Wildman–Crippen LogP) is 1.26. The van der Waals surface area contributed by atoms with Gasteiger partial charge < -0.3 is 9.73 Å². The average molecular weight is 206 g/mol. The minimum absolute atomic E-state index is 0.170. The van der Waals surface area contributed by atoms with Crippen molar-refractivity contribution in [1.29, 1.82) is 0 Å². The first-order valence-electron chi connectivity index (χ1n) is 4.87. The lowest BCUT2D eigenvalue weighted by Crippen LogP contribution is -2.18. The zero-order valence-electron chi connectivity index (χ0n) is 8.84. The molecule has 0 radical (unpaired) electrons. The number of hydrogen-bond acceptors (Lipinski definition) is 4. The number of nitrogens with zero attached hydrogens (tertiary/aromatic N) is 3. The molecule has 1 atom stereocenters. The summed E-state index contributed by atoms with van der Waals surface area (Å²) in [5, 5.41) is 7.46. The molecule has 1 unspecified atom stereocenters. The summed E-state index contributed by atoms with van der Waals surface area (Å²) < 4.78 is 6.97. The number of furan rings is 1. The average Bonchev–Trinajstić information content (AvgIpc) is 2.84. The van der Waals surface area contributed by atoms with Gasteiger partial charge in [-0.15, -0.1) is 0 Å². The largest absolute Gasteiger partial charge is 0.468 e. The Labute approximate surface area is 88.1 Å². The molecule has 0 aromatic carbocycles. The highest BCUT2D eigenvalue weighted by molar-refractivity contribution is 5.03. The zero-order chi connectivity index (χ0) is 10.7. The number of nitrogens with one attached hydrogen (secondary N) is 1. The molecule has 80 valence electrons. The Morgan fingerprint density at radius 2 is 2.47 bits per heavy atom. The number of aromatic nitrogens is 3. The van der Waals surface area contributed by atoms with Crippen molar-refractivity contribution >= 4 is 0 Å². The maximum Gasteiger partial charge on any atom is 0.164 e. The molecule has 0 amide bonds. The highest BCUT2D eigenvalue weighted by Crippen LogP contribution is 2.12. The third kappa shape index (κ3) is 2.44. The van der Waals surface area contributed by atoms with Crippen LogP contribution in [-0.4, -0.2) is 14.8 Å². The Morgan fingerprint density at radius 1 is 1.60 bits per heavy atom. The molecular formula is C10H14N4O. The van der Waals surface area contributed by atoms with Gasteiger partial charge in [0.1, 0.15) is 12.1 Å². The lowest BCUT2D eigenvalue weighted by Gasteiger charge is -2.08. The van der Waals surface area contributed by atoms with Gasteiger partial charge in [0.25, 0.3) is 0 Å². The van der Waals surface area contributed by atoms with Crippen molar-refractivity contribution in [2.45, 2.75) is 19.5 Å². The molecule has 0 saturated carbocycles. The van der Waals surface area contributed by atoms with E-state index < -0.39 is 0 Å². The SMILES string of the molecule is CC(NCc1ncn(C)n1)c1ccco1. The molecule has 2 aromatic rings. The third-order valence-corrected chi connectivity index (χ3v) is 2.18. The third-order valence-electron chi connectivity index (χ3n) is 2.18. The Kier molecular flexibility index (Phi) is 2.82. The molecule has 2 aromatic heterocycles. The van der Waals surface area contributed by atoms with Gasteiger partial charge in [-0.05, 0) is 19.1 Å². The molecule has 2 rings (SSSR count). The van der Waals surface area contributed by atoms with Crippen LogP contribution in [0.3, 0.4) is 0 Å². The van der Waals surface area contributed by atoms with Crippen LogP contribution in [0.2, 0.25) is 0 Å². The van der Waals surface area contributed by atoms with E-state index in [0.29, 0.717) is 6.54 Å². The lowest BCUT2D eigenvalue weighted by molar-refractivity contribution is 0.426. The number of aryl methyl sites for hydroxylation is 1. The van der Waals surface area contributed by atoms with E-state index in [9.17, 15) is 0 Å². The lowest BCUT2D eigenvalue weighted by atomic mass is 10.2. The van der Waals surface area contributed by atoms with Crippen LogP contribution in [-0.2, 0) is 13.6 Å². The van der Waals surface area contributed by atoms with Gasteiger partial charge in [0.2, 0.25) is 0 Å². The van der Waals surface area contributed by atoms with E-state index in [0.717, 1.165) is 11.6 Å². The van der Waals surface area contributed by atoms with Gasteiger partial charge in [0.15, 0.2) is 5.82 Å². The standard InChI is InChI=1S/C10H14N4O/c1-8(9-4-3-5-15-9)11-6-10-12-7-14(2)13-10/h3-5,7-8,11H,6H2,1-2H3. The van der Waals surface area contributed by atoms with Crippen LogP contribution >= 0.6 is 0 Å². The molecule has 0 fully saturated rings. The number of hydrogen-bond donors (Lipinski definition) is 1. The minimum atomic E-state index is 0.170. The van der Waals surface area contributed by atoms with Crippen molar-refractivity contribution in [3.8, 4) is 0 Å². The molecule has 0 aliphatic heterocycles. The van der Waals surface area contributed by atoms with Gasteiger partial charge in [0.05, 0.1) is 18.8 Å². The molecule has 5 heteroatoms. The molecule has 2 heterocycles. The fraction of sp³-hybridized carbons (Fsp3) is 0.400. The molecule has 5 nitrogen and oxygen atoms in total. The highest BCUT2D eigenvalue weighted by atomic mass is 16.3. The van der Waals surface area contributed by atoms with Crippen molar-refractivity contribution in [2.75, 3.05) is 0 Å². The van der Waals surface area contributed by atoms with E-state index in [1.165, 1.54) is 0 Å². The van der Waals surface area contributed by atoms with Gasteiger partial charge in [-0.25, -0.2) is 4.98 Å². The van der Waals surface area contributed by atoms with Gasteiger partial charge in [-0.3, -0.25) is 4.68 Å². The summed E-state index contributed by atoms with van der Waals surface area (Å²) in [6.07, 6.45) is 3.36. The molecule has 0 aliphatic carbocycles. The first kappa shape index (κ1) is 9.92. The monoisotopic (exact) mass is 206 g/mol. The Hall–Kier alpha value is -1.62. The van der Waals surface area contributed by atoms with E-state index >= 15 is 0 Å². The van der Waals surface area contributed by atoms with Crippen molar-refractivity contribution in [2.24, 2.45) is 7.05 Å². The quantitative estimate of drug-likeness (QED) is 0.818. The molecule has 0 bridgehead atoms. The van der Waals surface area contributed by atoms with Crippen LogP contribution in [0.4, 0.5) is 0 Å². The Balaban J connectivity index is 1.88. The van der Waals surface area contributed by atoms with E-state index in [4.69, 9.17) is 4.42 Å². The predicted molar refractivity (Wildman–Crippen MR) is 55.0 cm³/mol. The molecule has 0 aliphatic rings. The summed E-state index contributed by atoms with van der Waals surface area (Å²) >= 11 is 0. The van der Waals surface area contributed by atoms with Crippen molar-refractivity contribution < 1.29 is 4.42 Å². The second-order valence-electron chi connectivity index (χ2n) is 3.45. The van der Waals surface area contributed by atoms with Crippen LogP contribution in [0.25, 0.3) is 0 Å². The van der Waals surface area contributed by atoms with E-state index in [2.05, 4.69) is 15.4 Å². The van der Waals surface area contributed by atoms with Crippen LogP contribution in [0.5, 0.6) is 0 Å². The number of rotatable bonds is 4. The summed E-state index contributed by atoms with van der Waals surface area (Å²) in [6.45, 7) is 2.68. The van der Waals surface area contributed by atoms with Gasteiger partial charge >= 0.3 is 0 Å². The first-order valence-corrected chi connectivity index (χ1v) is 4.87. The topological polar surface area (TPSA) is 55.9 Å². The van der Waals surface area contributed by atoms with Crippen LogP contribution < -0.4 is 5.32 Å². The summed E-state index contributed by atoms with van der Waals surface area (Å²) in [5.41, 5.74) is 0. The molecule has 1 N–H and O–H groups in total. The summed E-state index contributed by atoms with van der Waals surface area (Å²) in [5.74, 6) is 1.71. The smallest absolute Gasteiger partial charge is 0.164 e. The summed E-state index contributed by atoms with van der Waals surface area (Å²) in [7, 11) is 1.85. The van der Waals surface area contributed by atoms with Crippen molar-refractivity contribution in [3.05, 3.63) is 36.3 Å². The fourth-order valence-electron chi connectivity index (χ4n) is 1.35.